The standard InChI is InChI=1S/C12H14F2N2O4/c1-2-15(6-5-11(17)18)10-4-3-8(16(19)20)7-9(10)12(13)14/h3-4,7,12H,2,5-6H2,1H3,(H,17,18). The van der Waals surface area contributed by atoms with E-state index in [1.165, 1.54) is 11.0 Å². The van der Waals surface area contributed by atoms with Gasteiger partial charge in [0.05, 0.1) is 11.3 Å². The van der Waals surface area contributed by atoms with Crippen LogP contribution < -0.4 is 4.90 Å². The molecule has 1 rings (SSSR count). The van der Waals surface area contributed by atoms with Crippen LogP contribution in [-0.2, 0) is 4.79 Å². The molecule has 0 aliphatic rings. The number of carboxylic acids is 1. The number of alkyl halides is 2. The van der Waals surface area contributed by atoms with Crippen LogP contribution in [0.3, 0.4) is 0 Å². The van der Waals surface area contributed by atoms with Crippen molar-refractivity contribution in [2.75, 3.05) is 18.0 Å². The van der Waals surface area contributed by atoms with Gasteiger partial charge in [-0.2, -0.15) is 0 Å². The second kappa shape index (κ2) is 6.78. The van der Waals surface area contributed by atoms with Crippen molar-refractivity contribution >= 4 is 17.3 Å². The quantitative estimate of drug-likeness (QED) is 0.616. The summed E-state index contributed by atoms with van der Waals surface area (Å²) in [6.45, 7) is 2.08. The zero-order chi connectivity index (χ0) is 15.3. The molecule has 1 aromatic rings. The van der Waals surface area contributed by atoms with Crippen molar-refractivity contribution in [2.24, 2.45) is 0 Å². The lowest BCUT2D eigenvalue weighted by molar-refractivity contribution is -0.385. The minimum Gasteiger partial charge on any atom is -0.481 e. The Kier molecular flexibility index (Phi) is 5.36. The van der Waals surface area contributed by atoms with Gasteiger partial charge in [0.25, 0.3) is 12.1 Å². The molecule has 0 aliphatic carbocycles. The van der Waals surface area contributed by atoms with E-state index in [0.717, 1.165) is 12.1 Å². The molecule has 1 N–H and O–H groups in total. The Hall–Kier alpha value is -2.25. The van der Waals surface area contributed by atoms with Gasteiger partial charge in [-0.25, -0.2) is 8.78 Å². The lowest BCUT2D eigenvalue weighted by Crippen LogP contribution is -2.26. The molecular formula is C12H14F2N2O4. The number of benzene rings is 1. The topological polar surface area (TPSA) is 83.7 Å². The van der Waals surface area contributed by atoms with E-state index in [4.69, 9.17) is 5.11 Å². The molecule has 6 nitrogen and oxygen atoms in total. The van der Waals surface area contributed by atoms with Crippen molar-refractivity contribution in [3.8, 4) is 0 Å². The van der Waals surface area contributed by atoms with Crippen LogP contribution in [0.2, 0.25) is 0 Å². The third-order valence-electron chi connectivity index (χ3n) is 2.78. The van der Waals surface area contributed by atoms with Gasteiger partial charge in [0.15, 0.2) is 0 Å². The molecule has 110 valence electrons. The Morgan fingerprint density at radius 1 is 1.50 bits per heavy atom. The molecule has 0 aliphatic heterocycles. The largest absolute Gasteiger partial charge is 0.481 e. The molecule has 1 aromatic carbocycles. The Labute approximate surface area is 113 Å². The molecule has 8 heteroatoms. The highest BCUT2D eigenvalue weighted by Gasteiger charge is 2.21. The van der Waals surface area contributed by atoms with E-state index in [0.29, 0.717) is 6.54 Å². The number of anilines is 1. The molecule has 0 bridgehead atoms. The molecular weight excluding hydrogens is 274 g/mol. The molecule has 0 heterocycles. The van der Waals surface area contributed by atoms with Gasteiger partial charge in [0.1, 0.15) is 0 Å². The SMILES string of the molecule is CCN(CCC(=O)O)c1ccc([N+](=O)[O-])cc1C(F)F. The predicted molar refractivity (Wildman–Crippen MR) is 68.2 cm³/mol. The number of hydrogen-bond acceptors (Lipinski definition) is 4. The van der Waals surface area contributed by atoms with Gasteiger partial charge in [0.2, 0.25) is 0 Å². The maximum atomic E-state index is 13.0. The fourth-order valence-electron chi connectivity index (χ4n) is 1.80. The number of rotatable bonds is 7. The molecule has 0 saturated heterocycles. The number of non-ortho nitro benzene ring substituents is 1. The Morgan fingerprint density at radius 3 is 2.60 bits per heavy atom. The first-order valence-corrected chi connectivity index (χ1v) is 5.90. The second-order valence-electron chi connectivity index (χ2n) is 4.02. The summed E-state index contributed by atoms with van der Waals surface area (Å²) in [7, 11) is 0. The molecule has 0 spiro atoms. The van der Waals surface area contributed by atoms with E-state index in [1.54, 1.807) is 6.92 Å². The van der Waals surface area contributed by atoms with Crippen LogP contribution in [0.1, 0.15) is 25.3 Å². The number of hydrogen-bond donors (Lipinski definition) is 1. The molecule has 0 unspecified atom stereocenters. The van der Waals surface area contributed by atoms with Gasteiger partial charge in [-0.3, -0.25) is 14.9 Å². The summed E-state index contributed by atoms with van der Waals surface area (Å²) in [5.74, 6) is -1.04. The summed E-state index contributed by atoms with van der Waals surface area (Å²) < 4.78 is 26.0. The zero-order valence-electron chi connectivity index (χ0n) is 10.8. The minimum atomic E-state index is -2.87. The van der Waals surface area contributed by atoms with Gasteiger partial charge in [-0.1, -0.05) is 0 Å². The average molecular weight is 288 g/mol. The van der Waals surface area contributed by atoms with Crippen molar-refractivity contribution in [1.82, 2.24) is 0 Å². The number of nitro groups is 1. The second-order valence-corrected chi connectivity index (χ2v) is 4.02. The number of nitrogens with zero attached hydrogens (tertiary/aromatic N) is 2. The Morgan fingerprint density at radius 2 is 2.15 bits per heavy atom. The molecule has 0 saturated carbocycles. The number of carboxylic acid groups (broad SMARTS) is 1. The summed E-state index contributed by atoms with van der Waals surface area (Å²) in [5.41, 5.74) is -0.765. The van der Waals surface area contributed by atoms with E-state index < -0.39 is 28.6 Å². The molecule has 0 fully saturated rings. The smallest absolute Gasteiger partial charge is 0.305 e. The van der Waals surface area contributed by atoms with Crippen LogP contribution in [0, 0.1) is 10.1 Å². The van der Waals surface area contributed by atoms with Crippen LogP contribution in [0.5, 0.6) is 0 Å². The fraction of sp³-hybridized carbons (Fsp3) is 0.417. The third kappa shape index (κ3) is 3.87. The van der Waals surface area contributed by atoms with Gasteiger partial charge >= 0.3 is 5.97 Å². The molecule has 20 heavy (non-hydrogen) atoms. The lowest BCUT2D eigenvalue weighted by Gasteiger charge is -2.24. The zero-order valence-corrected chi connectivity index (χ0v) is 10.8. The van der Waals surface area contributed by atoms with E-state index in [9.17, 15) is 23.7 Å². The first-order chi connectivity index (χ1) is 9.36. The third-order valence-corrected chi connectivity index (χ3v) is 2.78. The van der Waals surface area contributed by atoms with Crippen LogP contribution >= 0.6 is 0 Å². The van der Waals surface area contributed by atoms with Crippen LogP contribution in [0.25, 0.3) is 0 Å². The van der Waals surface area contributed by atoms with Gasteiger partial charge in [-0.15, -0.1) is 0 Å². The van der Waals surface area contributed by atoms with E-state index >= 15 is 0 Å². The molecule has 0 radical (unpaired) electrons. The van der Waals surface area contributed by atoms with Crippen LogP contribution in [0.4, 0.5) is 20.2 Å². The first-order valence-electron chi connectivity index (χ1n) is 5.90. The van der Waals surface area contributed by atoms with E-state index in [-0.39, 0.29) is 18.7 Å². The maximum absolute atomic E-state index is 13.0. The molecule has 0 amide bonds. The summed E-state index contributed by atoms with van der Waals surface area (Å²) in [5, 5.41) is 19.2. The normalized spacial score (nSPS) is 10.6. The van der Waals surface area contributed by atoms with Crippen LogP contribution in [-0.4, -0.2) is 29.1 Å². The van der Waals surface area contributed by atoms with E-state index in [1.807, 2.05) is 0 Å². The fourth-order valence-corrected chi connectivity index (χ4v) is 1.80. The highest BCUT2D eigenvalue weighted by Crippen LogP contribution is 2.33. The number of carbonyl (C=O) groups is 1. The first kappa shape index (κ1) is 15.8. The summed E-state index contributed by atoms with van der Waals surface area (Å²) in [6.07, 6.45) is -3.07. The van der Waals surface area contributed by atoms with Crippen molar-refractivity contribution in [2.45, 2.75) is 19.8 Å². The van der Waals surface area contributed by atoms with Crippen molar-refractivity contribution in [3.05, 3.63) is 33.9 Å². The average Bonchev–Trinajstić information content (AvgIpc) is 2.38. The Bertz CT molecular complexity index is 508. The minimum absolute atomic E-state index is 0.0589. The summed E-state index contributed by atoms with van der Waals surface area (Å²) >= 11 is 0. The van der Waals surface area contributed by atoms with Gasteiger partial charge in [-0.05, 0) is 13.0 Å². The monoisotopic (exact) mass is 288 g/mol. The molecule has 0 aromatic heterocycles. The van der Waals surface area contributed by atoms with Crippen molar-refractivity contribution in [3.63, 3.8) is 0 Å². The van der Waals surface area contributed by atoms with Crippen LogP contribution in [0.15, 0.2) is 18.2 Å². The molecule has 0 atom stereocenters. The van der Waals surface area contributed by atoms with Gasteiger partial charge in [0, 0.05) is 36.5 Å². The van der Waals surface area contributed by atoms with E-state index in [2.05, 4.69) is 0 Å². The summed E-state index contributed by atoms with van der Waals surface area (Å²) in [6, 6.07) is 3.18. The number of aliphatic carboxylic acids is 1. The number of halogens is 2. The highest BCUT2D eigenvalue weighted by atomic mass is 19.3. The van der Waals surface area contributed by atoms with Crippen molar-refractivity contribution < 1.29 is 23.6 Å². The predicted octanol–water partition coefficient (Wildman–Crippen LogP) is 2.83. The lowest BCUT2D eigenvalue weighted by atomic mass is 10.1. The highest BCUT2D eigenvalue weighted by molar-refractivity contribution is 5.68. The van der Waals surface area contributed by atoms with Crippen molar-refractivity contribution in [1.29, 1.82) is 0 Å². The van der Waals surface area contributed by atoms with Gasteiger partial charge < -0.3 is 10.0 Å². The number of nitro benzene ring substituents is 1. The maximum Gasteiger partial charge on any atom is 0.305 e. The Balaban J connectivity index is 3.13. The summed E-state index contributed by atoms with van der Waals surface area (Å²) in [4.78, 5) is 21.9.